The molecule has 14 nitrogen and oxygen atoms in total. The highest BCUT2D eigenvalue weighted by Crippen LogP contribution is 2.28. The summed E-state index contributed by atoms with van der Waals surface area (Å²) in [4.78, 5) is 70.9. The number of rotatable bonds is 15. The number of nitrogens with one attached hydrogen (secondary N) is 2. The maximum atomic E-state index is 12.1. The Hall–Kier alpha value is -3.26. The lowest BCUT2D eigenvalue weighted by Gasteiger charge is -2.44. The minimum atomic E-state index is -1.20. The second-order valence-electron chi connectivity index (χ2n) is 10.6. The first kappa shape index (κ1) is 35.8. The van der Waals surface area contributed by atoms with Gasteiger partial charge in [-0.3, -0.25) is 28.8 Å². The molecule has 0 saturated carbocycles. The van der Waals surface area contributed by atoms with Crippen LogP contribution in [0, 0.1) is 0 Å². The van der Waals surface area contributed by atoms with E-state index in [4.69, 9.17) is 28.4 Å². The zero-order chi connectivity index (χ0) is 31.2. The zero-order valence-corrected chi connectivity index (χ0v) is 24.9. The van der Waals surface area contributed by atoms with Crippen molar-refractivity contribution in [2.75, 3.05) is 19.8 Å². The minimum absolute atomic E-state index is 0.109. The van der Waals surface area contributed by atoms with Crippen LogP contribution in [-0.4, -0.2) is 91.7 Å². The molecule has 0 aromatic heterocycles. The fourth-order valence-corrected chi connectivity index (χ4v) is 3.96. The van der Waals surface area contributed by atoms with Crippen molar-refractivity contribution in [3.63, 3.8) is 0 Å². The van der Waals surface area contributed by atoms with Crippen LogP contribution in [0.1, 0.15) is 80.6 Å². The molecule has 1 heterocycles. The van der Waals surface area contributed by atoms with Gasteiger partial charge in [-0.1, -0.05) is 0 Å². The molecular formula is C27H44N2O12. The fourth-order valence-electron chi connectivity index (χ4n) is 3.96. The van der Waals surface area contributed by atoms with Gasteiger partial charge < -0.3 is 39.1 Å². The van der Waals surface area contributed by atoms with Crippen molar-refractivity contribution < 1.29 is 57.2 Å². The fraction of sp³-hybridized carbons (Fsp3) is 0.778. The quantitative estimate of drug-likeness (QED) is 0.158. The summed E-state index contributed by atoms with van der Waals surface area (Å²) in [6.45, 7) is 10.2. The molecule has 1 saturated heterocycles. The first-order valence-corrected chi connectivity index (χ1v) is 13.6. The van der Waals surface area contributed by atoms with Gasteiger partial charge in [0, 0.05) is 53.7 Å². The molecule has 41 heavy (non-hydrogen) atoms. The van der Waals surface area contributed by atoms with Crippen LogP contribution < -0.4 is 10.6 Å². The van der Waals surface area contributed by atoms with Crippen LogP contribution in [0.2, 0.25) is 0 Å². The first-order chi connectivity index (χ1) is 19.1. The maximum Gasteiger partial charge on any atom is 0.306 e. The van der Waals surface area contributed by atoms with E-state index in [1.54, 1.807) is 20.8 Å². The normalized spacial score (nSPS) is 22.2. The zero-order valence-electron chi connectivity index (χ0n) is 24.9. The molecule has 14 heteroatoms. The van der Waals surface area contributed by atoms with E-state index in [1.807, 2.05) is 0 Å². The van der Waals surface area contributed by atoms with E-state index < -0.39 is 60.1 Å². The maximum absolute atomic E-state index is 12.1. The summed E-state index contributed by atoms with van der Waals surface area (Å²) in [5.74, 6) is -2.99. The summed E-state index contributed by atoms with van der Waals surface area (Å²) in [6.07, 6.45) is -2.83. The predicted molar refractivity (Wildman–Crippen MR) is 142 cm³/mol. The molecule has 1 fully saturated rings. The molecule has 1 aliphatic rings. The van der Waals surface area contributed by atoms with Gasteiger partial charge in [0.25, 0.3) is 0 Å². The average Bonchev–Trinajstić information content (AvgIpc) is 2.81. The molecule has 1 aliphatic heterocycles. The van der Waals surface area contributed by atoms with Crippen LogP contribution >= 0.6 is 0 Å². The lowest BCUT2D eigenvalue weighted by molar-refractivity contribution is -0.277. The number of unbranched alkanes of at least 4 members (excludes halogenated alkanes) is 1. The number of ether oxygens (including phenoxy) is 6. The third kappa shape index (κ3) is 15.4. The molecule has 0 aliphatic carbocycles. The van der Waals surface area contributed by atoms with E-state index in [0.29, 0.717) is 25.8 Å². The Bertz CT molecular complexity index is 916. The Morgan fingerprint density at radius 1 is 0.805 bits per heavy atom. The molecule has 2 N–H and O–H groups in total. The van der Waals surface area contributed by atoms with Crippen molar-refractivity contribution in [2.24, 2.45) is 0 Å². The van der Waals surface area contributed by atoms with Crippen molar-refractivity contribution >= 4 is 35.7 Å². The van der Waals surface area contributed by atoms with Gasteiger partial charge in [-0.05, 0) is 40.0 Å². The second kappa shape index (κ2) is 17.5. The number of hydrogen-bond donors (Lipinski definition) is 2. The highest BCUT2D eigenvalue weighted by atomic mass is 16.7. The van der Waals surface area contributed by atoms with Gasteiger partial charge in [0.1, 0.15) is 24.4 Å². The number of hydrogen-bond acceptors (Lipinski definition) is 12. The molecular weight excluding hydrogens is 544 g/mol. The van der Waals surface area contributed by atoms with Crippen LogP contribution in [0.4, 0.5) is 0 Å². The summed E-state index contributed by atoms with van der Waals surface area (Å²) in [5, 5.41) is 5.37. The molecule has 0 radical (unpaired) electrons. The standard InChI is InChI=1S/C27H44N2O12/c1-16(30)29-23-25(39-19(4)33)24(38-18(3)32)20(15-37-17(2)31)40-26(23)36-14-9-8-11-21(34)28-13-10-12-22(35)41-27(5,6)7/h20,23-26H,8-15H2,1-7H3,(H,28,34)(H,29,30)/t20?,23?,24-,25+,26+/m0/s1. The van der Waals surface area contributed by atoms with Gasteiger partial charge in [-0.15, -0.1) is 0 Å². The number of carbonyl (C=O) groups excluding carboxylic acids is 6. The van der Waals surface area contributed by atoms with Gasteiger partial charge >= 0.3 is 23.9 Å². The van der Waals surface area contributed by atoms with Crippen LogP contribution in [0.3, 0.4) is 0 Å². The van der Waals surface area contributed by atoms with Crippen LogP contribution in [0.25, 0.3) is 0 Å². The molecule has 2 amide bonds. The van der Waals surface area contributed by atoms with Gasteiger partial charge in [-0.2, -0.15) is 0 Å². The Labute approximate surface area is 240 Å². The Balaban J connectivity index is 2.71. The largest absolute Gasteiger partial charge is 0.463 e. The summed E-state index contributed by atoms with van der Waals surface area (Å²) < 4.78 is 32.8. The lowest BCUT2D eigenvalue weighted by Crippen LogP contribution is -2.66. The summed E-state index contributed by atoms with van der Waals surface area (Å²) in [6, 6.07) is -1.05. The summed E-state index contributed by atoms with van der Waals surface area (Å²) in [5.41, 5.74) is -0.554. The molecule has 2 unspecified atom stereocenters. The van der Waals surface area contributed by atoms with Crippen molar-refractivity contribution in [3.05, 3.63) is 0 Å². The van der Waals surface area contributed by atoms with Crippen LogP contribution in [0.15, 0.2) is 0 Å². The summed E-state index contributed by atoms with van der Waals surface area (Å²) >= 11 is 0. The Morgan fingerprint density at radius 3 is 2.00 bits per heavy atom. The van der Waals surface area contributed by atoms with E-state index >= 15 is 0 Å². The van der Waals surface area contributed by atoms with E-state index in [-0.39, 0.29) is 37.9 Å². The number of esters is 4. The SMILES string of the molecule is CC(=O)NC1[C@H](OCCCCC(=O)NCCCC(=O)OC(C)(C)C)OC(COC(C)=O)[C@H](OC(C)=O)[C@@H]1OC(C)=O. The van der Waals surface area contributed by atoms with Gasteiger partial charge in [-0.25, -0.2) is 0 Å². The molecule has 0 aromatic rings. The van der Waals surface area contributed by atoms with E-state index in [1.165, 1.54) is 13.8 Å². The summed E-state index contributed by atoms with van der Waals surface area (Å²) in [7, 11) is 0. The number of carbonyl (C=O) groups is 6. The number of amides is 2. The van der Waals surface area contributed by atoms with E-state index in [0.717, 1.165) is 13.8 Å². The highest BCUT2D eigenvalue weighted by Gasteiger charge is 2.51. The first-order valence-electron chi connectivity index (χ1n) is 13.6. The van der Waals surface area contributed by atoms with E-state index in [9.17, 15) is 28.8 Å². The monoisotopic (exact) mass is 588 g/mol. The van der Waals surface area contributed by atoms with Crippen LogP contribution in [-0.2, 0) is 57.2 Å². The highest BCUT2D eigenvalue weighted by molar-refractivity contribution is 5.76. The predicted octanol–water partition coefficient (Wildman–Crippen LogP) is 1.07. The van der Waals surface area contributed by atoms with Crippen LogP contribution in [0.5, 0.6) is 0 Å². The Kier molecular flexibility index (Phi) is 15.3. The topological polar surface area (TPSA) is 182 Å². The van der Waals surface area contributed by atoms with Crippen molar-refractivity contribution in [1.82, 2.24) is 10.6 Å². The minimum Gasteiger partial charge on any atom is -0.463 e. The molecule has 5 atom stereocenters. The molecule has 1 rings (SSSR count). The molecule has 0 aromatic carbocycles. The van der Waals surface area contributed by atoms with Crippen molar-refractivity contribution in [3.8, 4) is 0 Å². The van der Waals surface area contributed by atoms with Gasteiger partial charge in [0.2, 0.25) is 11.8 Å². The van der Waals surface area contributed by atoms with E-state index in [2.05, 4.69) is 10.6 Å². The van der Waals surface area contributed by atoms with Crippen molar-refractivity contribution in [1.29, 1.82) is 0 Å². The second-order valence-corrected chi connectivity index (χ2v) is 10.6. The molecule has 0 bridgehead atoms. The lowest BCUT2D eigenvalue weighted by atomic mass is 9.96. The Morgan fingerprint density at radius 2 is 1.44 bits per heavy atom. The third-order valence-electron chi connectivity index (χ3n) is 5.45. The smallest absolute Gasteiger partial charge is 0.306 e. The van der Waals surface area contributed by atoms with Gasteiger partial charge in [0.15, 0.2) is 18.5 Å². The molecule has 234 valence electrons. The average molecular weight is 589 g/mol. The third-order valence-corrected chi connectivity index (χ3v) is 5.45. The molecule has 0 spiro atoms. The van der Waals surface area contributed by atoms with Gasteiger partial charge in [0.05, 0.1) is 0 Å². The van der Waals surface area contributed by atoms with Crippen molar-refractivity contribution in [2.45, 2.75) is 117 Å².